The van der Waals surface area contributed by atoms with Gasteiger partial charge in [0.05, 0.1) is 0 Å². The molecular formula is C9H7N2OS. The van der Waals surface area contributed by atoms with E-state index in [1.807, 2.05) is 0 Å². The molecule has 0 atom stereocenters. The fraction of sp³-hybridized carbons (Fsp3) is 0. The van der Waals surface area contributed by atoms with Gasteiger partial charge in [0.15, 0.2) is 5.01 Å². The number of hydrogen-bond donors (Lipinski definition) is 1. The van der Waals surface area contributed by atoms with E-state index in [9.17, 15) is 4.79 Å². The molecule has 0 saturated heterocycles. The minimum Gasteiger partial charge on any atom is -0.364 e. The summed E-state index contributed by atoms with van der Waals surface area (Å²) in [5.41, 5.74) is 1.23. The minimum absolute atomic E-state index is 0.0683. The average molecular weight is 191 g/mol. The zero-order valence-corrected chi connectivity index (χ0v) is 7.60. The van der Waals surface area contributed by atoms with E-state index in [4.69, 9.17) is 0 Å². The summed E-state index contributed by atoms with van der Waals surface area (Å²) < 4.78 is 0. The van der Waals surface area contributed by atoms with Crippen LogP contribution in [-0.4, -0.2) is 15.8 Å². The lowest BCUT2D eigenvalue weighted by atomic mass is 10.2. The molecule has 1 radical (unpaired) electrons. The molecule has 0 fully saturated rings. The van der Waals surface area contributed by atoms with Crippen molar-refractivity contribution in [2.45, 2.75) is 0 Å². The van der Waals surface area contributed by atoms with E-state index in [1.165, 1.54) is 11.3 Å². The predicted molar refractivity (Wildman–Crippen MR) is 50.8 cm³/mol. The van der Waals surface area contributed by atoms with Gasteiger partial charge in [-0.25, -0.2) is 4.98 Å². The van der Waals surface area contributed by atoms with Gasteiger partial charge in [-0.2, -0.15) is 0 Å². The smallest absolute Gasteiger partial charge is 0.223 e. The third-order valence-electron chi connectivity index (χ3n) is 1.70. The van der Waals surface area contributed by atoms with Gasteiger partial charge in [-0.05, 0) is 13.0 Å². The number of aromatic nitrogens is 2. The summed E-state index contributed by atoms with van der Waals surface area (Å²) in [5.74, 6) is -0.0683. The Morgan fingerprint density at radius 2 is 2.46 bits per heavy atom. The van der Waals surface area contributed by atoms with E-state index < -0.39 is 0 Å². The van der Waals surface area contributed by atoms with Gasteiger partial charge in [0.25, 0.3) is 0 Å². The highest BCUT2D eigenvalue weighted by atomic mass is 32.1. The summed E-state index contributed by atoms with van der Waals surface area (Å²) in [5, 5.41) is 2.28. The predicted octanol–water partition coefficient (Wildman–Crippen LogP) is 1.88. The molecule has 0 unspecified atom stereocenters. The first-order valence-corrected chi connectivity index (χ1v) is 4.60. The number of nitrogens with zero attached hydrogens (tertiary/aromatic N) is 1. The van der Waals surface area contributed by atoms with Crippen molar-refractivity contribution >= 4 is 17.1 Å². The molecule has 0 aliphatic heterocycles. The second-order valence-corrected chi connectivity index (χ2v) is 3.43. The zero-order chi connectivity index (χ0) is 9.26. The molecule has 0 spiro atoms. The van der Waals surface area contributed by atoms with Gasteiger partial charge in [-0.15, -0.1) is 11.3 Å². The lowest BCUT2D eigenvalue weighted by Crippen LogP contribution is -2.00. The molecule has 2 aromatic rings. The van der Waals surface area contributed by atoms with E-state index in [0.29, 0.717) is 16.3 Å². The van der Waals surface area contributed by atoms with Crippen molar-refractivity contribution in [2.24, 2.45) is 0 Å². The van der Waals surface area contributed by atoms with Gasteiger partial charge < -0.3 is 4.98 Å². The molecule has 4 heteroatoms. The summed E-state index contributed by atoms with van der Waals surface area (Å²) in [6, 6.07) is 1.71. The highest BCUT2D eigenvalue weighted by Gasteiger charge is 2.13. The quantitative estimate of drug-likeness (QED) is 0.737. The van der Waals surface area contributed by atoms with Crippen LogP contribution in [0.25, 0.3) is 0 Å². The van der Waals surface area contributed by atoms with Crippen LogP contribution in [0, 0.1) is 6.92 Å². The maximum Gasteiger partial charge on any atom is 0.223 e. The number of carbonyl (C=O) groups is 1. The lowest BCUT2D eigenvalue weighted by Gasteiger charge is -1.93. The van der Waals surface area contributed by atoms with Crippen molar-refractivity contribution in [3.63, 3.8) is 0 Å². The Morgan fingerprint density at radius 3 is 3.00 bits per heavy atom. The SMILES string of the molecule is [CH2]c1[nH]ccc1C(=O)c1nccs1. The van der Waals surface area contributed by atoms with Gasteiger partial charge in [-0.1, -0.05) is 0 Å². The van der Waals surface area contributed by atoms with Crippen LogP contribution in [-0.2, 0) is 0 Å². The minimum atomic E-state index is -0.0683. The maximum absolute atomic E-state index is 11.7. The van der Waals surface area contributed by atoms with Gasteiger partial charge in [0.2, 0.25) is 5.78 Å². The van der Waals surface area contributed by atoms with Crippen molar-refractivity contribution in [3.05, 3.63) is 47.0 Å². The second kappa shape index (κ2) is 3.14. The molecule has 13 heavy (non-hydrogen) atoms. The molecule has 0 aromatic carbocycles. The Hall–Kier alpha value is -1.42. The molecule has 3 nitrogen and oxygen atoms in total. The number of carbonyl (C=O) groups excluding carboxylic acids is 1. The molecule has 0 aliphatic carbocycles. The van der Waals surface area contributed by atoms with Crippen LogP contribution in [0.15, 0.2) is 23.8 Å². The van der Waals surface area contributed by atoms with Gasteiger partial charge in [0, 0.05) is 29.0 Å². The zero-order valence-electron chi connectivity index (χ0n) is 6.78. The van der Waals surface area contributed by atoms with Crippen LogP contribution in [0.2, 0.25) is 0 Å². The van der Waals surface area contributed by atoms with Crippen LogP contribution in [0.1, 0.15) is 21.1 Å². The molecule has 2 rings (SSSR count). The van der Waals surface area contributed by atoms with Crippen LogP contribution < -0.4 is 0 Å². The largest absolute Gasteiger partial charge is 0.364 e. The monoisotopic (exact) mass is 191 g/mol. The molecule has 0 aliphatic rings. The van der Waals surface area contributed by atoms with E-state index >= 15 is 0 Å². The molecule has 0 amide bonds. The summed E-state index contributed by atoms with van der Waals surface area (Å²) in [4.78, 5) is 18.5. The molecule has 1 N–H and O–H groups in total. The van der Waals surface area contributed by atoms with E-state index in [-0.39, 0.29) is 5.78 Å². The maximum atomic E-state index is 11.7. The number of nitrogens with one attached hydrogen (secondary N) is 1. The van der Waals surface area contributed by atoms with Crippen LogP contribution in [0.5, 0.6) is 0 Å². The normalized spacial score (nSPS) is 10.2. The molecule has 65 valence electrons. The van der Waals surface area contributed by atoms with Crippen molar-refractivity contribution in [1.82, 2.24) is 9.97 Å². The Kier molecular flexibility index (Phi) is 1.98. The summed E-state index contributed by atoms with van der Waals surface area (Å²) in [6.07, 6.45) is 3.32. The Balaban J connectivity index is 2.39. The fourth-order valence-electron chi connectivity index (χ4n) is 1.07. The first-order chi connectivity index (χ1) is 6.29. The Bertz CT molecular complexity index is 417. The van der Waals surface area contributed by atoms with Gasteiger partial charge in [0.1, 0.15) is 0 Å². The van der Waals surface area contributed by atoms with E-state index in [1.54, 1.807) is 23.8 Å². The number of rotatable bonds is 2. The van der Waals surface area contributed by atoms with Gasteiger partial charge >= 0.3 is 0 Å². The number of ketones is 1. The number of hydrogen-bond acceptors (Lipinski definition) is 3. The summed E-state index contributed by atoms with van der Waals surface area (Å²) in [6.45, 7) is 3.71. The van der Waals surface area contributed by atoms with Crippen molar-refractivity contribution in [1.29, 1.82) is 0 Å². The summed E-state index contributed by atoms with van der Waals surface area (Å²) >= 11 is 1.34. The van der Waals surface area contributed by atoms with Crippen LogP contribution in [0.3, 0.4) is 0 Å². The molecule has 2 aromatic heterocycles. The highest BCUT2D eigenvalue weighted by molar-refractivity contribution is 7.11. The van der Waals surface area contributed by atoms with Crippen molar-refractivity contribution in [3.8, 4) is 0 Å². The number of H-pyrrole nitrogens is 1. The lowest BCUT2D eigenvalue weighted by molar-refractivity contribution is 0.103. The first kappa shape index (κ1) is 8.19. The van der Waals surface area contributed by atoms with E-state index in [0.717, 1.165) is 0 Å². The highest BCUT2D eigenvalue weighted by Crippen LogP contribution is 2.14. The topological polar surface area (TPSA) is 45.8 Å². The van der Waals surface area contributed by atoms with Crippen LogP contribution >= 0.6 is 11.3 Å². The van der Waals surface area contributed by atoms with Crippen molar-refractivity contribution < 1.29 is 4.79 Å². The summed E-state index contributed by atoms with van der Waals surface area (Å²) in [7, 11) is 0. The third-order valence-corrected chi connectivity index (χ3v) is 2.48. The van der Waals surface area contributed by atoms with Crippen molar-refractivity contribution in [2.75, 3.05) is 0 Å². The van der Waals surface area contributed by atoms with E-state index in [2.05, 4.69) is 16.9 Å². The molecule has 2 heterocycles. The fourth-order valence-corrected chi connectivity index (χ4v) is 1.66. The van der Waals surface area contributed by atoms with Gasteiger partial charge in [-0.3, -0.25) is 4.79 Å². The average Bonchev–Trinajstić information content (AvgIpc) is 2.72. The molecule has 0 bridgehead atoms. The molecule has 0 saturated carbocycles. The number of thiazole rings is 1. The first-order valence-electron chi connectivity index (χ1n) is 3.72. The standard InChI is InChI=1S/C9H7N2OS/c1-6-7(2-3-10-6)8(12)9-11-4-5-13-9/h2-5,10H,1H2. The van der Waals surface area contributed by atoms with Crippen LogP contribution in [0.4, 0.5) is 0 Å². The Labute approximate surface area is 79.4 Å². The molecular weight excluding hydrogens is 184 g/mol. The third kappa shape index (κ3) is 1.40. The number of aromatic amines is 1. The Morgan fingerprint density at radius 1 is 1.62 bits per heavy atom. The second-order valence-electron chi connectivity index (χ2n) is 2.54.